The molecule has 0 spiro atoms. The van der Waals surface area contributed by atoms with E-state index in [1.165, 1.54) is 4.88 Å². The van der Waals surface area contributed by atoms with Crippen LogP contribution in [0.3, 0.4) is 0 Å². The highest BCUT2D eigenvalue weighted by Gasteiger charge is 2.39. The quantitative estimate of drug-likeness (QED) is 0.852. The van der Waals surface area contributed by atoms with E-state index in [9.17, 15) is 10.1 Å². The first-order chi connectivity index (χ1) is 9.57. The number of aryl methyl sites for hydroxylation is 1. The Kier molecular flexibility index (Phi) is 4.82. The van der Waals surface area contributed by atoms with Gasteiger partial charge in [-0.15, -0.1) is 11.3 Å². The molecular weight excluding hydrogens is 268 g/mol. The average molecular weight is 290 g/mol. The van der Waals surface area contributed by atoms with Crippen molar-refractivity contribution >= 4 is 17.2 Å². The van der Waals surface area contributed by atoms with Crippen LogP contribution in [-0.2, 0) is 4.79 Å². The summed E-state index contributed by atoms with van der Waals surface area (Å²) in [6.45, 7) is 4.05. The Bertz CT molecular complexity index is 507. The van der Waals surface area contributed by atoms with E-state index in [0.717, 1.165) is 30.6 Å². The summed E-state index contributed by atoms with van der Waals surface area (Å²) < 4.78 is 0. The molecule has 0 aromatic carbocycles. The molecule has 1 heterocycles. The van der Waals surface area contributed by atoms with Crippen molar-refractivity contribution in [1.29, 1.82) is 5.26 Å². The summed E-state index contributed by atoms with van der Waals surface area (Å²) in [5.41, 5.74) is -0.808. The number of carbonyl (C=O) groups is 1. The summed E-state index contributed by atoms with van der Waals surface area (Å²) in [4.78, 5) is 15.0. The predicted octanol–water partition coefficient (Wildman–Crippen LogP) is 4.10. The summed E-state index contributed by atoms with van der Waals surface area (Å²) in [5, 5.41) is 12.6. The van der Waals surface area contributed by atoms with Crippen molar-refractivity contribution in [3.63, 3.8) is 0 Å². The van der Waals surface area contributed by atoms with Gasteiger partial charge < -0.3 is 5.32 Å². The van der Waals surface area contributed by atoms with E-state index in [1.807, 2.05) is 6.92 Å². The van der Waals surface area contributed by atoms with Crippen molar-refractivity contribution in [2.24, 2.45) is 5.41 Å². The number of carbonyl (C=O) groups excluding carboxylic acids is 1. The number of amides is 1. The van der Waals surface area contributed by atoms with E-state index in [0.29, 0.717) is 12.8 Å². The molecule has 0 saturated heterocycles. The standard InChI is InChI=1S/C16H22N2OS/c1-12-7-8-14(20-12)13(2)18-15(19)16(11-17)9-5-3-4-6-10-16/h7-8,13H,3-6,9-10H2,1-2H3,(H,18,19). The lowest BCUT2D eigenvalue weighted by Crippen LogP contribution is -2.40. The molecule has 1 fully saturated rings. The highest BCUT2D eigenvalue weighted by molar-refractivity contribution is 7.12. The number of hydrogen-bond acceptors (Lipinski definition) is 3. The first-order valence-corrected chi connectivity index (χ1v) is 8.17. The zero-order chi connectivity index (χ0) is 14.6. The molecule has 1 aliphatic carbocycles. The van der Waals surface area contributed by atoms with Gasteiger partial charge in [-0.05, 0) is 38.8 Å². The fraction of sp³-hybridized carbons (Fsp3) is 0.625. The number of rotatable bonds is 3. The van der Waals surface area contributed by atoms with E-state index in [-0.39, 0.29) is 11.9 Å². The van der Waals surface area contributed by atoms with Crippen LogP contribution < -0.4 is 5.32 Å². The number of nitriles is 1. The molecule has 4 heteroatoms. The van der Waals surface area contributed by atoms with Gasteiger partial charge in [0.2, 0.25) is 5.91 Å². The van der Waals surface area contributed by atoms with Crippen molar-refractivity contribution in [3.05, 3.63) is 21.9 Å². The summed E-state index contributed by atoms with van der Waals surface area (Å²) >= 11 is 1.70. The fourth-order valence-corrected chi connectivity index (χ4v) is 3.69. The fourth-order valence-electron chi connectivity index (χ4n) is 2.81. The average Bonchev–Trinajstić information content (AvgIpc) is 2.73. The lowest BCUT2D eigenvalue weighted by atomic mass is 9.81. The first kappa shape index (κ1) is 15.1. The molecule has 1 aromatic heterocycles. The third-order valence-electron chi connectivity index (χ3n) is 4.14. The predicted molar refractivity (Wildman–Crippen MR) is 81.4 cm³/mol. The van der Waals surface area contributed by atoms with E-state index in [1.54, 1.807) is 11.3 Å². The number of nitrogens with zero attached hydrogens (tertiary/aromatic N) is 1. The Morgan fingerprint density at radius 2 is 2.00 bits per heavy atom. The van der Waals surface area contributed by atoms with Crippen LogP contribution in [0, 0.1) is 23.7 Å². The van der Waals surface area contributed by atoms with Gasteiger partial charge in [0.1, 0.15) is 5.41 Å². The zero-order valence-corrected chi connectivity index (χ0v) is 13.1. The van der Waals surface area contributed by atoms with Crippen LogP contribution in [0.5, 0.6) is 0 Å². The Morgan fingerprint density at radius 3 is 2.50 bits per heavy atom. The van der Waals surface area contributed by atoms with Gasteiger partial charge in [-0.2, -0.15) is 5.26 Å². The van der Waals surface area contributed by atoms with Crippen molar-refractivity contribution in [2.75, 3.05) is 0 Å². The molecular formula is C16H22N2OS. The molecule has 0 aliphatic heterocycles. The van der Waals surface area contributed by atoms with Crippen LogP contribution in [-0.4, -0.2) is 5.91 Å². The summed E-state index contributed by atoms with van der Waals surface area (Å²) in [5.74, 6) is -0.0829. The van der Waals surface area contributed by atoms with Gasteiger partial charge in [0, 0.05) is 9.75 Å². The topological polar surface area (TPSA) is 52.9 Å². The summed E-state index contributed by atoms with van der Waals surface area (Å²) in [7, 11) is 0. The molecule has 1 unspecified atom stereocenters. The molecule has 1 amide bonds. The maximum absolute atomic E-state index is 12.6. The highest BCUT2D eigenvalue weighted by Crippen LogP contribution is 2.35. The molecule has 3 nitrogen and oxygen atoms in total. The smallest absolute Gasteiger partial charge is 0.240 e. The van der Waals surface area contributed by atoms with Crippen LogP contribution >= 0.6 is 11.3 Å². The molecule has 0 bridgehead atoms. The van der Waals surface area contributed by atoms with Crippen LogP contribution in [0.25, 0.3) is 0 Å². The minimum atomic E-state index is -0.808. The lowest BCUT2D eigenvalue weighted by Gasteiger charge is -2.25. The van der Waals surface area contributed by atoms with Gasteiger partial charge in [0.05, 0.1) is 12.1 Å². The van der Waals surface area contributed by atoms with Gasteiger partial charge >= 0.3 is 0 Å². The second-order valence-electron chi connectivity index (χ2n) is 5.75. The number of hydrogen-bond donors (Lipinski definition) is 1. The van der Waals surface area contributed by atoms with E-state index in [4.69, 9.17) is 0 Å². The van der Waals surface area contributed by atoms with Gasteiger partial charge in [0.15, 0.2) is 0 Å². The van der Waals surface area contributed by atoms with Gasteiger partial charge in [0.25, 0.3) is 0 Å². The molecule has 1 aliphatic rings. The van der Waals surface area contributed by atoms with Crippen molar-refractivity contribution in [3.8, 4) is 6.07 Å². The molecule has 1 N–H and O–H groups in total. The van der Waals surface area contributed by atoms with Crippen molar-refractivity contribution in [2.45, 2.75) is 58.4 Å². The lowest BCUT2D eigenvalue weighted by molar-refractivity contribution is -0.129. The van der Waals surface area contributed by atoms with Gasteiger partial charge in [-0.3, -0.25) is 4.79 Å². The normalized spacial score (nSPS) is 19.6. The SMILES string of the molecule is Cc1ccc(C(C)NC(=O)C2(C#N)CCCCCC2)s1. The minimum Gasteiger partial charge on any atom is -0.347 e. The van der Waals surface area contributed by atoms with Crippen molar-refractivity contribution in [1.82, 2.24) is 5.32 Å². The van der Waals surface area contributed by atoms with E-state index >= 15 is 0 Å². The number of nitrogens with one attached hydrogen (secondary N) is 1. The van der Waals surface area contributed by atoms with Gasteiger partial charge in [-0.1, -0.05) is 25.7 Å². The van der Waals surface area contributed by atoms with Crippen molar-refractivity contribution < 1.29 is 4.79 Å². The zero-order valence-electron chi connectivity index (χ0n) is 12.2. The largest absolute Gasteiger partial charge is 0.347 e. The molecule has 1 atom stereocenters. The van der Waals surface area contributed by atoms with Crippen LogP contribution in [0.1, 0.15) is 61.2 Å². The van der Waals surface area contributed by atoms with Crippen LogP contribution in [0.4, 0.5) is 0 Å². The Balaban J connectivity index is 2.07. The maximum atomic E-state index is 12.6. The molecule has 20 heavy (non-hydrogen) atoms. The third kappa shape index (κ3) is 3.21. The summed E-state index contributed by atoms with van der Waals surface area (Å²) in [6.07, 6.45) is 5.63. The summed E-state index contributed by atoms with van der Waals surface area (Å²) in [6, 6.07) is 6.41. The molecule has 1 saturated carbocycles. The van der Waals surface area contributed by atoms with Gasteiger partial charge in [-0.25, -0.2) is 0 Å². The Hall–Kier alpha value is -1.34. The number of thiophene rings is 1. The third-order valence-corrected chi connectivity index (χ3v) is 5.32. The highest BCUT2D eigenvalue weighted by atomic mass is 32.1. The minimum absolute atomic E-state index is 0.0188. The van der Waals surface area contributed by atoms with Crippen LogP contribution in [0.15, 0.2) is 12.1 Å². The van der Waals surface area contributed by atoms with Crippen LogP contribution in [0.2, 0.25) is 0 Å². The Morgan fingerprint density at radius 1 is 1.35 bits per heavy atom. The molecule has 2 rings (SSSR count). The Labute approximate surface area is 125 Å². The second-order valence-corrected chi connectivity index (χ2v) is 7.07. The monoisotopic (exact) mass is 290 g/mol. The molecule has 108 valence electrons. The maximum Gasteiger partial charge on any atom is 0.240 e. The van der Waals surface area contributed by atoms with E-state index in [2.05, 4.69) is 30.4 Å². The molecule has 0 radical (unpaired) electrons. The molecule has 1 aromatic rings. The second kappa shape index (κ2) is 6.41. The van der Waals surface area contributed by atoms with E-state index < -0.39 is 5.41 Å². The first-order valence-electron chi connectivity index (χ1n) is 7.36.